The number of phenolic OH excluding ortho intramolecular Hbond substituents is 3. The third-order valence-electron chi connectivity index (χ3n) is 13.6. The molecular weight excluding hydrogens is 628 g/mol. The van der Waals surface area contributed by atoms with Crippen LogP contribution in [0.15, 0.2) is 18.2 Å². The number of phenols is 3. The molecule has 4 heterocycles. The van der Waals surface area contributed by atoms with Gasteiger partial charge in [-0.1, -0.05) is 33.8 Å². The van der Waals surface area contributed by atoms with Gasteiger partial charge in [0.05, 0.1) is 26.4 Å². The fraction of sp³-hybridized carbons (Fsp3) is 0.707. The number of likely N-dealkylation sites (tertiary alicyclic amines) is 2. The predicted molar refractivity (Wildman–Crippen MR) is 195 cm³/mol. The van der Waals surface area contributed by atoms with Gasteiger partial charge < -0.3 is 24.8 Å². The Morgan fingerprint density at radius 3 is 1.58 bits per heavy atom. The summed E-state index contributed by atoms with van der Waals surface area (Å²) in [4.78, 5) is 10.3. The van der Waals surface area contributed by atoms with E-state index in [9.17, 15) is 15.3 Å². The highest BCUT2D eigenvalue weighted by Gasteiger charge is 2.59. The Bertz CT molecular complexity index is 1570. The lowest BCUT2D eigenvalue weighted by molar-refractivity contribution is 0.000118. The number of rotatable bonds is 6. The van der Waals surface area contributed by atoms with E-state index >= 15 is 0 Å². The minimum Gasteiger partial charge on any atom is -0.508 e. The number of ether oxygens (including phenoxy) is 2. The van der Waals surface area contributed by atoms with E-state index in [0.29, 0.717) is 24.4 Å². The molecule has 274 valence electrons. The molecule has 0 saturated carbocycles. The van der Waals surface area contributed by atoms with Gasteiger partial charge in [0.2, 0.25) is 0 Å². The third kappa shape index (κ3) is 6.03. The first-order chi connectivity index (χ1) is 24.0. The van der Waals surface area contributed by atoms with E-state index in [4.69, 9.17) is 9.47 Å². The molecule has 4 fully saturated rings. The smallest absolute Gasteiger partial charge is 0.162 e. The molecule has 0 aromatic heterocycles. The van der Waals surface area contributed by atoms with Crippen molar-refractivity contribution < 1.29 is 24.8 Å². The van der Waals surface area contributed by atoms with E-state index in [2.05, 4.69) is 53.4 Å². The van der Waals surface area contributed by atoms with Crippen LogP contribution in [0.25, 0.3) is 0 Å². The first-order valence-corrected chi connectivity index (χ1v) is 19.5. The number of benzene rings is 2. The molecule has 2 aromatic rings. The maximum absolute atomic E-state index is 11.8. The van der Waals surface area contributed by atoms with Crippen molar-refractivity contribution in [2.24, 2.45) is 0 Å². The normalized spacial score (nSPS) is 28.3. The molecule has 3 N–H and O–H groups in total. The molecule has 4 aliphatic heterocycles. The summed E-state index contributed by atoms with van der Waals surface area (Å²) in [5.74, 6) is 0.412. The fourth-order valence-electron chi connectivity index (χ4n) is 11.3. The molecule has 1 atom stereocenters. The standard InChI is InChI=1S/C41H60N4O5/c1-39(2)26-41(36-30(34(46)6-5-32(36)39)24-42-11-7-28(8-12-42)44-15-19-49-20-16-44)27-40(3,4)33-23-35(47)38(48)31(37(33)41)25-43-13-9-29(10-14-43)45-17-21-50-22-18-45/h5-6,23,28-29,46-48H,7-22,24-27H2,1-4H3. The summed E-state index contributed by atoms with van der Waals surface area (Å²) in [6.45, 7) is 22.0. The molecule has 0 bridgehead atoms. The molecule has 0 radical (unpaired) electrons. The van der Waals surface area contributed by atoms with Crippen molar-refractivity contribution in [2.45, 2.75) is 108 Å². The van der Waals surface area contributed by atoms with Crippen LogP contribution in [0, 0.1) is 0 Å². The first-order valence-electron chi connectivity index (χ1n) is 19.5. The van der Waals surface area contributed by atoms with Crippen LogP contribution in [0.5, 0.6) is 17.2 Å². The van der Waals surface area contributed by atoms with Gasteiger partial charge in [0, 0.05) is 67.9 Å². The van der Waals surface area contributed by atoms with Crippen LogP contribution >= 0.6 is 0 Å². The SMILES string of the molecule is CC1(C)CC2(CC(C)(C)c3cc(O)c(O)c(CN4CCC(N5CCOCC5)CC4)c32)c2c1ccc(O)c2CN1CCC(N2CCOCC2)CC1. The van der Waals surface area contributed by atoms with Gasteiger partial charge >= 0.3 is 0 Å². The lowest BCUT2D eigenvalue weighted by Gasteiger charge is -2.41. The van der Waals surface area contributed by atoms with Crippen LogP contribution in [0.2, 0.25) is 0 Å². The molecule has 6 aliphatic rings. The van der Waals surface area contributed by atoms with Crippen molar-refractivity contribution >= 4 is 0 Å². The maximum Gasteiger partial charge on any atom is 0.162 e. The fourth-order valence-corrected chi connectivity index (χ4v) is 11.3. The lowest BCUT2D eigenvalue weighted by atomic mass is 9.70. The quantitative estimate of drug-likeness (QED) is 0.361. The Morgan fingerprint density at radius 1 is 0.600 bits per heavy atom. The molecule has 9 nitrogen and oxygen atoms in total. The molecule has 9 heteroatoms. The van der Waals surface area contributed by atoms with Gasteiger partial charge in [0.1, 0.15) is 5.75 Å². The largest absolute Gasteiger partial charge is 0.508 e. The highest BCUT2D eigenvalue weighted by Crippen LogP contribution is 2.66. The molecule has 50 heavy (non-hydrogen) atoms. The number of nitrogens with zero attached hydrogens (tertiary/aromatic N) is 4. The summed E-state index contributed by atoms with van der Waals surface area (Å²) in [6.07, 6.45) is 6.29. The van der Waals surface area contributed by atoms with Crippen LogP contribution in [0.4, 0.5) is 0 Å². The van der Waals surface area contributed by atoms with Gasteiger partial charge in [0.25, 0.3) is 0 Å². The van der Waals surface area contributed by atoms with E-state index in [1.54, 1.807) is 0 Å². The number of hydrogen-bond donors (Lipinski definition) is 3. The Balaban J connectivity index is 1.13. The van der Waals surface area contributed by atoms with Gasteiger partial charge in [-0.2, -0.15) is 0 Å². The van der Waals surface area contributed by atoms with Crippen molar-refractivity contribution in [1.82, 2.24) is 19.6 Å². The van der Waals surface area contributed by atoms with Crippen LogP contribution in [-0.4, -0.2) is 126 Å². The van der Waals surface area contributed by atoms with Crippen molar-refractivity contribution in [3.05, 3.63) is 51.6 Å². The highest BCUT2D eigenvalue weighted by molar-refractivity contribution is 5.69. The van der Waals surface area contributed by atoms with Gasteiger partial charge in [-0.15, -0.1) is 0 Å². The molecule has 1 unspecified atom stereocenters. The summed E-state index contributed by atoms with van der Waals surface area (Å²) in [7, 11) is 0. The zero-order chi connectivity index (χ0) is 34.8. The molecule has 4 saturated heterocycles. The number of morpholine rings is 2. The first kappa shape index (κ1) is 34.7. The third-order valence-corrected chi connectivity index (χ3v) is 13.6. The van der Waals surface area contributed by atoms with E-state index in [1.807, 2.05) is 12.1 Å². The van der Waals surface area contributed by atoms with E-state index < -0.39 is 0 Å². The Hall–Kier alpha value is -2.40. The Kier molecular flexibility index (Phi) is 9.17. The lowest BCUT2D eigenvalue weighted by Crippen LogP contribution is -2.49. The average molecular weight is 689 g/mol. The van der Waals surface area contributed by atoms with Crippen LogP contribution in [0.1, 0.15) is 99.6 Å². The van der Waals surface area contributed by atoms with Crippen molar-refractivity contribution in [3.8, 4) is 17.2 Å². The topological polar surface area (TPSA) is 92.1 Å². The van der Waals surface area contributed by atoms with Gasteiger partial charge in [-0.3, -0.25) is 19.6 Å². The molecule has 2 aliphatic carbocycles. The second-order valence-electron chi connectivity index (χ2n) is 17.6. The Morgan fingerprint density at radius 2 is 1.06 bits per heavy atom. The second kappa shape index (κ2) is 13.2. The van der Waals surface area contributed by atoms with Crippen LogP contribution < -0.4 is 0 Å². The minimum absolute atomic E-state index is 0.0103. The van der Waals surface area contributed by atoms with E-state index in [-0.39, 0.29) is 27.7 Å². The second-order valence-corrected chi connectivity index (χ2v) is 17.6. The van der Waals surface area contributed by atoms with Crippen molar-refractivity contribution in [3.63, 3.8) is 0 Å². The highest BCUT2D eigenvalue weighted by atomic mass is 16.5. The number of aromatic hydroxyl groups is 3. The molecular formula is C41H60N4O5. The Labute approximate surface area is 299 Å². The average Bonchev–Trinajstić information content (AvgIpc) is 3.48. The monoisotopic (exact) mass is 688 g/mol. The zero-order valence-electron chi connectivity index (χ0n) is 31.0. The number of piperidine rings is 2. The molecule has 0 amide bonds. The minimum atomic E-state index is -0.371. The summed E-state index contributed by atoms with van der Waals surface area (Å²) in [5, 5.41) is 34.8. The van der Waals surface area contributed by atoms with Gasteiger partial charge in [-0.05, 0) is 110 Å². The summed E-state index contributed by atoms with van der Waals surface area (Å²) in [6, 6.07) is 7.16. The van der Waals surface area contributed by atoms with Gasteiger partial charge in [-0.25, -0.2) is 0 Å². The van der Waals surface area contributed by atoms with Crippen LogP contribution in [-0.2, 0) is 38.8 Å². The van der Waals surface area contributed by atoms with Crippen molar-refractivity contribution in [1.29, 1.82) is 0 Å². The predicted octanol–water partition coefficient (Wildman–Crippen LogP) is 5.05. The zero-order valence-corrected chi connectivity index (χ0v) is 31.0. The molecule has 8 rings (SSSR count). The molecule has 2 aromatic carbocycles. The maximum atomic E-state index is 11.8. The summed E-state index contributed by atoms with van der Waals surface area (Å²) >= 11 is 0. The summed E-state index contributed by atoms with van der Waals surface area (Å²) in [5.41, 5.74) is 6.21. The number of hydrogen-bond acceptors (Lipinski definition) is 9. The van der Waals surface area contributed by atoms with Crippen LogP contribution in [0.3, 0.4) is 0 Å². The van der Waals surface area contributed by atoms with E-state index in [0.717, 1.165) is 141 Å². The van der Waals surface area contributed by atoms with E-state index in [1.165, 1.54) is 16.7 Å². The molecule has 1 spiro atoms. The number of fused-ring (bicyclic) bond motifs is 4. The van der Waals surface area contributed by atoms with Gasteiger partial charge in [0.15, 0.2) is 11.5 Å². The van der Waals surface area contributed by atoms with Crippen molar-refractivity contribution in [2.75, 3.05) is 78.8 Å². The summed E-state index contributed by atoms with van der Waals surface area (Å²) < 4.78 is 11.2.